The van der Waals surface area contributed by atoms with Crippen molar-refractivity contribution in [2.24, 2.45) is 5.10 Å². The topological polar surface area (TPSA) is 48.9 Å². The highest BCUT2D eigenvalue weighted by molar-refractivity contribution is 7.80. The fourth-order valence-electron chi connectivity index (χ4n) is 3.30. The zero-order valence-electron chi connectivity index (χ0n) is 15.5. The largest absolute Gasteiger partial charge is 0.378 e. The fraction of sp³-hybridized carbons (Fsp3) is 0.333. The lowest BCUT2D eigenvalue weighted by molar-refractivity contribution is 0.0548. The van der Waals surface area contributed by atoms with E-state index in [4.69, 9.17) is 17.0 Å². The molecule has 6 heteroatoms. The summed E-state index contributed by atoms with van der Waals surface area (Å²) in [5.74, 6) is 0. The third-order valence-electron chi connectivity index (χ3n) is 4.53. The van der Waals surface area contributed by atoms with Gasteiger partial charge in [0, 0.05) is 25.3 Å². The van der Waals surface area contributed by atoms with Gasteiger partial charge in [-0.25, -0.2) is 0 Å². The first-order valence-electron chi connectivity index (χ1n) is 9.27. The van der Waals surface area contributed by atoms with Gasteiger partial charge in [0.05, 0.1) is 19.4 Å². The molecule has 0 aromatic heterocycles. The van der Waals surface area contributed by atoms with Crippen LogP contribution in [0.15, 0.2) is 64.9 Å². The van der Waals surface area contributed by atoms with Gasteiger partial charge in [-0.15, -0.1) is 6.58 Å². The number of nitrogens with zero attached hydrogens (tertiary/aromatic N) is 2. The van der Waals surface area contributed by atoms with E-state index in [0.29, 0.717) is 11.7 Å². The predicted octanol–water partition coefficient (Wildman–Crippen LogP) is 3.09. The van der Waals surface area contributed by atoms with Crippen molar-refractivity contribution in [1.29, 1.82) is 0 Å². The number of ether oxygens (including phenoxy) is 1. The molecule has 0 bridgehead atoms. The maximum absolute atomic E-state index is 5.54. The molecule has 1 heterocycles. The highest BCUT2D eigenvalue weighted by atomic mass is 32.1. The average Bonchev–Trinajstić information content (AvgIpc) is 3.10. The Morgan fingerprint density at radius 1 is 1.22 bits per heavy atom. The molecule has 0 radical (unpaired) electrons. The molecule has 1 aliphatic carbocycles. The highest BCUT2D eigenvalue weighted by Crippen LogP contribution is 2.34. The smallest absolute Gasteiger partial charge is 0.187 e. The van der Waals surface area contributed by atoms with Crippen LogP contribution in [-0.4, -0.2) is 49.1 Å². The molecule has 0 saturated carbocycles. The molecule has 1 fully saturated rings. The first kappa shape index (κ1) is 19.3. The van der Waals surface area contributed by atoms with Gasteiger partial charge in [-0.2, -0.15) is 5.10 Å². The molecule has 0 spiro atoms. The van der Waals surface area contributed by atoms with E-state index in [1.807, 2.05) is 12.3 Å². The monoisotopic (exact) mass is 382 g/mol. The Balaban J connectivity index is 1.80. The van der Waals surface area contributed by atoms with Gasteiger partial charge in [-0.1, -0.05) is 36.4 Å². The zero-order chi connectivity index (χ0) is 18.9. The summed E-state index contributed by atoms with van der Waals surface area (Å²) < 4.78 is 5.54. The molecule has 3 rings (SSSR count). The average molecular weight is 383 g/mol. The standard InChI is InChI=1S/C21H26N4OS/c1-2-10-22-21(27)24-23-16-19-9-8-18(15-17-6-4-3-5-7-17)20(19)25-11-13-26-14-12-25/h2-7,15-16H,1,8-14H2,(H2,22,24,27)/b18-15-,23-16+. The quantitative estimate of drug-likeness (QED) is 0.343. The second kappa shape index (κ2) is 10.0. The van der Waals surface area contributed by atoms with Crippen molar-refractivity contribution in [2.75, 3.05) is 32.8 Å². The van der Waals surface area contributed by atoms with E-state index in [0.717, 1.165) is 39.1 Å². The predicted molar refractivity (Wildman–Crippen MR) is 115 cm³/mol. The van der Waals surface area contributed by atoms with Crippen LogP contribution in [-0.2, 0) is 4.74 Å². The molecule has 2 N–H and O–H groups in total. The van der Waals surface area contributed by atoms with Crippen LogP contribution >= 0.6 is 12.2 Å². The van der Waals surface area contributed by atoms with E-state index in [1.54, 1.807) is 6.08 Å². The maximum atomic E-state index is 5.54. The van der Waals surface area contributed by atoms with E-state index in [-0.39, 0.29) is 0 Å². The van der Waals surface area contributed by atoms with Crippen molar-refractivity contribution in [1.82, 2.24) is 15.6 Å². The first-order chi connectivity index (χ1) is 13.3. The summed E-state index contributed by atoms with van der Waals surface area (Å²) in [6.07, 6.45) is 7.94. The summed E-state index contributed by atoms with van der Waals surface area (Å²) >= 11 is 5.19. The number of nitrogens with one attached hydrogen (secondary N) is 2. The molecule has 1 aliphatic heterocycles. The van der Waals surface area contributed by atoms with E-state index >= 15 is 0 Å². The molecule has 27 heavy (non-hydrogen) atoms. The Morgan fingerprint density at radius 3 is 2.74 bits per heavy atom. The zero-order valence-corrected chi connectivity index (χ0v) is 16.3. The van der Waals surface area contributed by atoms with Crippen LogP contribution in [0.5, 0.6) is 0 Å². The number of morpholine rings is 1. The molecule has 142 valence electrons. The van der Waals surface area contributed by atoms with Crippen LogP contribution in [0.4, 0.5) is 0 Å². The number of hydrogen-bond acceptors (Lipinski definition) is 4. The Hall–Kier alpha value is -2.44. The number of hydrogen-bond donors (Lipinski definition) is 2. The summed E-state index contributed by atoms with van der Waals surface area (Å²) in [5.41, 5.74) is 7.99. The van der Waals surface area contributed by atoms with Crippen molar-refractivity contribution in [3.8, 4) is 0 Å². The third-order valence-corrected chi connectivity index (χ3v) is 4.77. The first-order valence-corrected chi connectivity index (χ1v) is 9.68. The SMILES string of the molecule is C=CCNC(=S)N/N=C/C1=C(N2CCOCC2)C(=C\c2ccccc2)/CC1. The van der Waals surface area contributed by atoms with E-state index in [2.05, 4.69) is 57.7 Å². The van der Waals surface area contributed by atoms with E-state index in [1.165, 1.54) is 22.4 Å². The molecule has 2 aliphatic rings. The van der Waals surface area contributed by atoms with Crippen molar-refractivity contribution in [2.45, 2.75) is 12.8 Å². The van der Waals surface area contributed by atoms with E-state index in [9.17, 15) is 0 Å². The highest BCUT2D eigenvalue weighted by Gasteiger charge is 2.25. The van der Waals surface area contributed by atoms with Gasteiger partial charge in [-0.3, -0.25) is 5.43 Å². The van der Waals surface area contributed by atoms with Gasteiger partial charge in [-0.05, 0) is 47.8 Å². The summed E-state index contributed by atoms with van der Waals surface area (Å²) in [6.45, 7) is 7.63. The van der Waals surface area contributed by atoms with Crippen LogP contribution in [0, 0.1) is 0 Å². The normalized spacial score (nSPS) is 19.0. The summed E-state index contributed by atoms with van der Waals surface area (Å²) in [7, 11) is 0. The summed E-state index contributed by atoms with van der Waals surface area (Å²) in [5, 5.41) is 7.84. The van der Waals surface area contributed by atoms with Crippen molar-refractivity contribution in [3.05, 3.63) is 65.4 Å². The lowest BCUT2D eigenvalue weighted by Gasteiger charge is -2.31. The van der Waals surface area contributed by atoms with Crippen LogP contribution in [0.25, 0.3) is 6.08 Å². The molecular formula is C21H26N4OS. The van der Waals surface area contributed by atoms with E-state index < -0.39 is 0 Å². The number of benzene rings is 1. The van der Waals surface area contributed by atoms with Gasteiger partial charge >= 0.3 is 0 Å². The molecule has 1 aromatic carbocycles. The molecule has 0 unspecified atom stereocenters. The molecule has 0 amide bonds. The molecule has 1 saturated heterocycles. The molecular weight excluding hydrogens is 356 g/mol. The van der Waals surface area contributed by atoms with Crippen molar-refractivity contribution >= 4 is 29.6 Å². The minimum atomic E-state index is 0.498. The Morgan fingerprint density at radius 2 is 2.00 bits per heavy atom. The van der Waals surface area contributed by atoms with Gasteiger partial charge in [0.25, 0.3) is 0 Å². The van der Waals surface area contributed by atoms with Gasteiger partial charge in [0.1, 0.15) is 0 Å². The van der Waals surface area contributed by atoms with Crippen LogP contribution in [0.1, 0.15) is 18.4 Å². The van der Waals surface area contributed by atoms with Gasteiger partial charge in [0.2, 0.25) is 0 Å². The van der Waals surface area contributed by atoms with Gasteiger partial charge in [0.15, 0.2) is 5.11 Å². The minimum absolute atomic E-state index is 0.498. The van der Waals surface area contributed by atoms with Crippen molar-refractivity contribution in [3.63, 3.8) is 0 Å². The van der Waals surface area contributed by atoms with Crippen LogP contribution < -0.4 is 10.7 Å². The lowest BCUT2D eigenvalue weighted by atomic mass is 10.1. The molecule has 5 nitrogen and oxygen atoms in total. The number of allylic oxidation sites excluding steroid dienone is 2. The van der Waals surface area contributed by atoms with Crippen molar-refractivity contribution < 1.29 is 4.74 Å². The van der Waals surface area contributed by atoms with Gasteiger partial charge < -0.3 is 15.0 Å². The van der Waals surface area contributed by atoms with Crippen LogP contribution in [0.3, 0.4) is 0 Å². The molecule has 0 atom stereocenters. The Bertz CT molecular complexity index is 749. The molecule has 1 aromatic rings. The number of hydrazone groups is 1. The Labute approximate surface area is 166 Å². The minimum Gasteiger partial charge on any atom is -0.378 e. The fourth-order valence-corrected chi connectivity index (χ4v) is 3.43. The maximum Gasteiger partial charge on any atom is 0.187 e. The van der Waals surface area contributed by atoms with Crippen LogP contribution in [0.2, 0.25) is 0 Å². The number of thiocarbonyl (C=S) groups is 1. The third kappa shape index (κ3) is 5.52. The second-order valence-electron chi connectivity index (χ2n) is 6.42. The number of rotatable bonds is 6. The Kier molecular flexibility index (Phi) is 7.19. The second-order valence-corrected chi connectivity index (χ2v) is 6.83. The summed E-state index contributed by atoms with van der Waals surface area (Å²) in [4.78, 5) is 2.42. The lowest BCUT2D eigenvalue weighted by Crippen LogP contribution is -2.36. The summed E-state index contributed by atoms with van der Waals surface area (Å²) in [6, 6.07) is 10.5.